The Hall–Kier alpha value is -0.870. The van der Waals surface area contributed by atoms with Crippen LogP contribution in [0, 0.1) is 0 Å². The number of nitrogens with zero attached hydrogens (tertiary/aromatic N) is 3. The van der Waals surface area contributed by atoms with Crippen LogP contribution in [-0.4, -0.2) is 35.8 Å². The number of anilines is 1. The van der Waals surface area contributed by atoms with Gasteiger partial charge in [-0.1, -0.05) is 11.6 Å². The van der Waals surface area contributed by atoms with Crippen molar-refractivity contribution in [2.75, 3.05) is 25.1 Å². The van der Waals surface area contributed by atoms with Crippen molar-refractivity contribution in [3.05, 3.63) is 17.5 Å². The van der Waals surface area contributed by atoms with E-state index in [-0.39, 0.29) is 5.60 Å². The van der Waals surface area contributed by atoms with Gasteiger partial charge in [0.25, 0.3) is 0 Å². The number of hydrogen-bond acceptors (Lipinski definition) is 4. The van der Waals surface area contributed by atoms with Crippen LogP contribution in [0.25, 0.3) is 0 Å². The Morgan fingerprint density at radius 1 is 1.50 bits per heavy atom. The predicted molar refractivity (Wildman–Crippen MR) is 54.7 cm³/mol. The van der Waals surface area contributed by atoms with Gasteiger partial charge < -0.3 is 9.64 Å². The largest absolute Gasteiger partial charge is 0.375 e. The first-order valence-corrected chi connectivity index (χ1v) is 4.78. The second-order valence-corrected chi connectivity index (χ2v) is 4.10. The highest BCUT2D eigenvalue weighted by atomic mass is 35.5. The monoisotopic (exact) mass is 213 g/mol. The maximum atomic E-state index is 5.77. The highest BCUT2D eigenvalue weighted by Crippen LogP contribution is 2.28. The van der Waals surface area contributed by atoms with Gasteiger partial charge in [-0.2, -0.15) is 0 Å². The molecule has 0 aliphatic carbocycles. The lowest BCUT2D eigenvalue weighted by Crippen LogP contribution is -2.61. The fraction of sp³-hybridized carbons (Fsp3) is 0.556. The molecule has 1 aliphatic rings. The Kier molecular flexibility index (Phi) is 2.33. The molecule has 0 radical (unpaired) electrons. The van der Waals surface area contributed by atoms with Crippen LogP contribution in [0.5, 0.6) is 0 Å². The second-order valence-electron chi connectivity index (χ2n) is 3.71. The Morgan fingerprint density at radius 3 is 2.79 bits per heavy atom. The molecule has 1 fully saturated rings. The first kappa shape index (κ1) is 9.68. The number of ether oxygens (including phenoxy) is 1. The summed E-state index contributed by atoms with van der Waals surface area (Å²) in [5, 5.41) is 0.473. The van der Waals surface area contributed by atoms with E-state index in [1.807, 2.05) is 0 Å². The van der Waals surface area contributed by atoms with Crippen molar-refractivity contribution in [2.24, 2.45) is 0 Å². The predicted octanol–water partition coefficient (Wildman–Crippen LogP) is 1.36. The van der Waals surface area contributed by atoms with Crippen molar-refractivity contribution in [3.63, 3.8) is 0 Å². The van der Waals surface area contributed by atoms with Crippen LogP contribution < -0.4 is 4.90 Å². The van der Waals surface area contributed by atoms with Gasteiger partial charge in [-0.15, -0.1) is 0 Å². The minimum Gasteiger partial charge on any atom is -0.375 e. The minimum absolute atomic E-state index is 0.0442. The van der Waals surface area contributed by atoms with Crippen LogP contribution in [0.3, 0.4) is 0 Å². The third-order valence-electron chi connectivity index (χ3n) is 2.49. The lowest BCUT2D eigenvalue weighted by atomic mass is 9.97. The summed E-state index contributed by atoms with van der Waals surface area (Å²) in [6.07, 6.45) is 1.47. The first-order valence-electron chi connectivity index (χ1n) is 4.41. The summed E-state index contributed by atoms with van der Waals surface area (Å²) in [7, 11) is 1.73. The van der Waals surface area contributed by atoms with Crippen LogP contribution in [0.4, 0.5) is 5.82 Å². The Labute approximate surface area is 87.9 Å². The molecule has 1 aromatic heterocycles. The number of methoxy groups -OCH3 is 1. The van der Waals surface area contributed by atoms with Crippen molar-refractivity contribution < 1.29 is 4.74 Å². The SMILES string of the molecule is COC1(C)CN(c2cc(Cl)ncn2)C1. The molecule has 0 spiro atoms. The number of hydrogen-bond donors (Lipinski definition) is 0. The van der Waals surface area contributed by atoms with Crippen molar-refractivity contribution >= 4 is 17.4 Å². The van der Waals surface area contributed by atoms with E-state index in [0.717, 1.165) is 18.9 Å². The van der Waals surface area contributed by atoms with Crippen molar-refractivity contribution in [1.82, 2.24) is 9.97 Å². The third-order valence-corrected chi connectivity index (χ3v) is 2.69. The molecule has 0 unspecified atom stereocenters. The van der Waals surface area contributed by atoms with E-state index in [4.69, 9.17) is 16.3 Å². The van der Waals surface area contributed by atoms with E-state index in [1.165, 1.54) is 6.33 Å². The molecule has 0 aromatic carbocycles. The lowest BCUT2D eigenvalue weighted by molar-refractivity contribution is -0.0171. The molecule has 5 heteroatoms. The van der Waals surface area contributed by atoms with E-state index in [9.17, 15) is 0 Å². The topological polar surface area (TPSA) is 38.2 Å². The van der Waals surface area contributed by atoms with Crippen LogP contribution in [-0.2, 0) is 4.74 Å². The van der Waals surface area contributed by atoms with E-state index in [1.54, 1.807) is 13.2 Å². The molecule has 0 atom stereocenters. The van der Waals surface area contributed by atoms with Gasteiger partial charge >= 0.3 is 0 Å². The molecule has 14 heavy (non-hydrogen) atoms. The fourth-order valence-corrected chi connectivity index (χ4v) is 1.69. The standard InChI is InChI=1S/C9H12ClN3O/c1-9(14-2)4-13(5-9)8-3-7(10)11-6-12-8/h3,6H,4-5H2,1-2H3. The second kappa shape index (κ2) is 3.37. The molecular weight excluding hydrogens is 202 g/mol. The Bertz CT molecular complexity index is 339. The van der Waals surface area contributed by atoms with Gasteiger partial charge in [0, 0.05) is 26.3 Å². The first-order chi connectivity index (χ1) is 6.63. The average Bonchev–Trinajstić information content (AvgIpc) is 2.13. The van der Waals surface area contributed by atoms with Gasteiger partial charge in [-0.25, -0.2) is 9.97 Å². The quantitative estimate of drug-likeness (QED) is 0.696. The molecule has 0 amide bonds. The maximum Gasteiger partial charge on any atom is 0.134 e. The number of halogens is 1. The fourth-order valence-electron chi connectivity index (χ4n) is 1.55. The molecule has 1 aliphatic heterocycles. The van der Waals surface area contributed by atoms with Gasteiger partial charge in [0.2, 0.25) is 0 Å². The van der Waals surface area contributed by atoms with Gasteiger partial charge in [-0.05, 0) is 6.92 Å². The van der Waals surface area contributed by atoms with Crippen LogP contribution in [0.1, 0.15) is 6.92 Å². The normalized spacial score (nSPS) is 19.2. The maximum absolute atomic E-state index is 5.77. The molecule has 2 heterocycles. The molecule has 1 aromatic rings. The molecule has 76 valence electrons. The van der Waals surface area contributed by atoms with E-state index in [0.29, 0.717) is 5.15 Å². The van der Waals surface area contributed by atoms with E-state index < -0.39 is 0 Å². The van der Waals surface area contributed by atoms with E-state index in [2.05, 4.69) is 21.8 Å². The summed E-state index contributed by atoms with van der Waals surface area (Å²) >= 11 is 5.77. The van der Waals surface area contributed by atoms with Crippen LogP contribution in [0.2, 0.25) is 5.15 Å². The van der Waals surface area contributed by atoms with Gasteiger partial charge in [0.15, 0.2) is 0 Å². The summed E-state index contributed by atoms with van der Waals surface area (Å²) < 4.78 is 5.34. The molecule has 0 bridgehead atoms. The van der Waals surface area contributed by atoms with Crippen LogP contribution >= 0.6 is 11.6 Å². The zero-order valence-electron chi connectivity index (χ0n) is 8.20. The molecular formula is C9H12ClN3O. The summed E-state index contributed by atoms with van der Waals surface area (Å²) in [5.74, 6) is 0.861. The van der Waals surface area contributed by atoms with Gasteiger partial charge in [0.05, 0.1) is 5.60 Å². The average molecular weight is 214 g/mol. The number of rotatable bonds is 2. The Morgan fingerprint density at radius 2 is 2.21 bits per heavy atom. The lowest BCUT2D eigenvalue weighted by Gasteiger charge is -2.47. The van der Waals surface area contributed by atoms with Gasteiger partial charge in [0.1, 0.15) is 17.3 Å². The van der Waals surface area contributed by atoms with Gasteiger partial charge in [-0.3, -0.25) is 0 Å². The summed E-state index contributed by atoms with van der Waals surface area (Å²) in [5.41, 5.74) is -0.0442. The molecule has 0 saturated carbocycles. The molecule has 4 nitrogen and oxygen atoms in total. The molecule has 1 saturated heterocycles. The summed E-state index contributed by atoms with van der Waals surface area (Å²) in [6, 6.07) is 1.76. The van der Waals surface area contributed by atoms with Crippen LogP contribution in [0.15, 0.2) is 12.4 Å². The minimum atomic E-state index is -0.0442. The summed E-state index contributed by atoms with van der Waals surface area (Å²) in [6.45, 7) is 3.76. The zero-order chi connectivity index (χ0) is 10.2. The molecule has 2 rings (SSSR count). The van der Waals surface area contributed by atoms with Crippen molar-refractivity contribution in [2.45, 2.75) is 12.5 Å². The highest BCUT2D eigenvalue weighted by Gasteiger charge is 2.39. The van der Waals surface area contributed by atoms with E-state index >= 15 is 0 Å². The smallest absolute Gasteiger partial charge is 0.134 e. The zero-order valence-corrected chi connectivity index (χ0v) is 8.95. The third kappa shape index (κ3) is 1.67. The Balaban J connectivity index is 2.06. The highest BCUT2D eigenvalue weighted by molar-refractivity contribution is 6.29. The summed E-state index contributed by atoms with van der Waals surface area (Å²) in [4.78, 5) is 10.1. The van der Waals surface area contributed by atoms with Crippen molar-refractivity contribution in [3.8, 4) is 0 Å². The van der Waals surface area contributed by atoms with Crippen molar-refractivity contribution in [1.29, 1.82) is 0 Å². The molecule has 0 N–H and O–H groups in total. The number of aromatic nitrogens is 2.